The van der Waals surface area contributed by atoms with Gasteiger partial charge in [0.15, 0.2) is 11.5 Å². The van der Waals surface area contributed by atoms with Crippen LogP contribution in [0.2, 0.25) is 0 Å². The molecule has 126 valence electrons. The number of methoxy groups -OCH3 is 2. The van der Waals surface area contributed by atoms with E-state index in [1.54, 1.807) is 23.1 Å². The smallest absolute Gasteiger partial charge is 0.309 e. The second kappa shape index (κ2) is 7.35. The van der Waals surface area contributed by atoms with Crippen LogP contribution in [0.4, 0.5) is 0 Å². The number of aliphatic carboxylic acids is 1. The Kier molecular flexibility index (Phi) is 5.47. The van der Waals surface area contributed by atoms with Crippen molar-refractivity contribution in [3.8, 4) is 11.5 Å². The number of carboxylic acid groups (broad SMARTS) is 1. The van der Waals surface area contributed by atoms with Crippen molar-refractivity contribution in [2.45, 2.75) is 32.2 Å². The molecule has 6 nitrogen and oxygen atoms in total. The summed E-state index contributed by atoms with van der Waals surface area (Å²) in [5.74, 6) is -0.848. The molecular weight excluding hydrogens is 298 g/mol. The fourth-order valence-corrected chi connectivity index (χ4v) is 3.13. The lowest BCUT2D eigenvalue weighted by Gasteiger charge is -2.29. The molecule has 0 spiro atoms. The summed E-state index contributed by atoms with van der Waals surface area (Å²) < 4.78 is 10.7. The van der Waals surface area contributed by atoms with Crippen LogP contribution in [-0.2, 0) is 9.59 Å². The molecule has 1 fully saturated rings. The molecule has 0 aromatic heterocycles. The Morgan fingerprint density at radius 2 is 2.09 bits per heavy atom. The van der Waals surface area contributed by atoms with Crippen LogP contribution in [0.1, 0.15) is 37.8 Å². The van der Waals surface area contributed by atoms with Gasteiger partial charge in [0.25, 0.3) is 0 Å². The molecule has 1 aromatic carbocycles. The fourth-order valence-electron chi connectivity index (χ4n) is 3.13. The van der Waals surface area contributed by atoms with Gasteiger partial charge in [-0.05, 0) is 12.5 Å². The van der Waals surface area contributed by atoms with Crippen LogP contribution in [0.25, 0.3) is 0 Å². The first kappa shape index (κ1) is 17.1. The predicted molar refractivity (Wildman–Crippen MR) is 84.7 cm³/mol. The molecule has 0 aliphatic carbocycles. The first-order valence-corrected chi connectivity index (χ1v) is 7.78. The standard InChI is InChI=1S/C17H23NO5/c1-4-5-9-18-14(19)10-12(17(20)21)15(18)11-7-6-8-13(22-2)16(11)23-3/h6-8,12,15H,4-5,9-10H2,1-3H3,(H,20,21)/t12-,15-/m1/s1. The fraction of sp³-hybridized carbons (Fsp3) is 0.529. The number of amides is 1. The number of rotatable bonds is 7. The Bertz CT molecular complexity index is 586. The minimum absolute atomic E-state index is 0.0179. The molecule has 1 amide bonds. The van der Waals surface area contributed by atoms with E-state index in [4.69, 9.17) is 9.47 Å². The number of para-hydroxylation sites is 1. The summed E-state index contributed by atoms with van der Waals surface area (Å²) in [7, 11) is 3.05. The highest BCUT2D eigenvalue weighted by Crippen LogP contribution is 2.45. The van der Waals surface area contributed by atoms with Gasteiger partial charge in [0.1, 0.15) is 0 Å². The lowest BCUT2D eigenvalue weighted by Crippen LogP contribution is -2.31. The third kappa shape index (κ3) is 3.25. The lowest BCUT2D eigenvalue weighted by atomic mass is 9.92. The Hall–Kier alpha value is -2.24. The van der Waals surface area contributed by atoms with Gasteiger partial charge in [-0.15, -0.1) is 0 Å². The molecule has 1 saturated heterocycles. The van der Waals surface area contributed by atoms with Crippen LogP contribution in [0.3, 0.4) is 0 Å². The average Bonchev–Trinajstić information content (AvgIpc) is 2.88. The zero-order valence-corrected chi connectivity index (χ0v) is 13.7. The van der Waals surface area contributed by atoms with Crippen LogP contribution in [-0.4, -0.2) is 42.6 Å². The number of hydrogen-bond acceptors (Lipinski definition) is 4. The molecule has 2 atom stereocenters. The van der Waals surface area contributed by atoms with Crippen molar-refractivity contribution in [3.63, 3.8) is 0 Å². The third-order valence-corrected chi connectivity index (χ3v) is 4.25. The first-order valence-electron chi connectivity index (χ1n) is 7.78. The summed E-state index contributed by atoms with van der Waals surface area (Å²) in [6, 6.07) is 4.82. The van der Waals surface area contributed by atoms with Gasteiger partial charge < -0.3 is 19.5 Å². The van der Waals surface area contributed by atoms with Crippen molar-refractivity contribution >= 4 is 11.9 Å². The average molecular weight is 321 g/mol. The highest BCUT2D eigenvalue weighted by molar-refractivity contribution is 5.87. The number of carbonyl (C=O) groups excluding carboxylic acids is 1. The molecule has 1 aliphatic rings. The van der Waals surface area contributed by atoms with Gasteiger partial charge in [0.2, 0.25) is 5.91 Å². The molecule has 0 unspecified atom stereocenters. The van der Waals surface area contributed by atoms with Crippen molar-refractivity contribution in [2.75, 3.05) is 20.8 Å². The van der Waals surface area contributed by atoms with Crippen LogP contribution >= 0.6 is 0 Å². The van der Waals surface area contributed by atoms with Gasteiger partial charge in [-0.2, -0.15) is 0 Å². The topological polar surface area (TPSA) is 76.1 Å². The van der Waals surface area contributed by atoms with Crippen LogP contribution in [0, 0.1) is 5.92 Å². The third-order valence-electron chi connectivity index (χ3n) is 4.25. The largest absolute Gasteiger partial charge is 0.493 e. The monoisotopic (exact) mass is 321 g/mol. The minimum atomic E-state index is -0.966. The van der Waals surface area contributed by atoms with Gasteiger partial charge in [-0.1, -0.05) is 25.5 Å². The quantitative estimate of drug-likeness (QED) is 0.835. The molecule has 0 saturated carbocycles. The van der Waals surface area contributed by atoms with E-state index in [1.165, 1.54) is 14.2 Å². The van der Waals surface area contributed by atoms with Gasteiger partial charge in [0.05, 0.1) is 26.2 Å². The lowest BCUT2D eigenvalue weighted by molar-refractivity contribution is -0.142. The van der Waals surface area contributed by atoms with E-state index >= 15 is 0 Å². The zero-order valence-electron chi connectivity index (χ0n) is 13.7. The number of nitrogens with zero attached hydrogens (tertiary/aromatic N) is 1. The van der Waals surface area contributed by atoms with E-state index in [0.717, 1.165) is 12.8 Å². The molecule has 23 heavy (non-hydrogen) atoms. The Morgan fingerprint density at radius 3 is 2.65 bits per heavy atom. The van der Waals surface area contributed by atoms with Crippen LogP contribution in [0.15, 0.2) is 18.2 Å². The van der Waals surface area contributed by atoms with Crippen molar-refractivity contribution < 1.29 is 24.2 Å². The van der Waals surface area contributed by atoms with Gasteiger partial charge in [0, 0.05) is 18.5 Å². The number of carboxylic acids is 1. The number of carbonyl (C=O) groups is 2. The highest BCUT2D eigenvalue weighted by atomic mass is 16.5. The molecule has 1 aromatic rings. The van der Waals surface area contributed by atoms with Crippen molar-refractivity contribution in [1.29, 1.82) is 0 Å². The number of ether oxygens (including phenoxy) is 2. The normalized spacial score (nSPS) is 20.7. The van der Waals surface area contributed by atoms with Crippen molar-refractivity contribution in [2.24, 2.45) is 5.92 Å². The Balaban J connectivity index is 2.50. The summed E-state index contributed by atoms with van der Waals surface area (Å²) >= 11 is 0. The van der Waals surface area contributed by atoms with E-state index in [1.807, 2.05) is 6.92 Å². The van der Waals surface area contributed by atoms with Gasteiger partial charge in [-0.3, -0.25) is 9.59 Å². The number of unbranched alkanes of at least 4 members (excludes halogenated alkanes) is 1. The summed E-state index contributed by atoms with van der Waals surface area (Å²) in [6.07, 6.45) is 1.79. The maximum absolute atomic E-state index is 12.3. The number of likely N-dealkylation sites (tertiary alicyclic amines) is 1. The maximum Gasteiger partial charge on any atom is 0.309 e. The maximum atomic E-state index is 12.3. The Morgan fingerprint density at radius 1 is 1.35 bits per heavy atom. The number of benzene rings is 1. The van der Waals surface area contributed by atoms with Crippen LogP contribution in [0.5, 0.6) is 11.5 Å². The summed E-state index contributed by atoms with van der Waals surface area (Å²) in [5, 5.41) is 9.55. The summed E-state index contributed by atoms with van der Waals surface area (Å²) in [4.78, 5) is 25.6. The van der Waals surface area contributed by atoms with Crippen molar-refractivity contribution in [1.82, 2.24) is 4.90 Å². The molecule has 1 N–H and O–H groups in total. The van der Waals surface area contributed by atoms with E-state index in [-0.39, 0.29) is 12.3 Å². The zero-order chi connectivity index (χ0) is 17.0. The highest BCUT2D eigenvalue weighted by Gasteiger charge is 2.45. The summed E-state index contributed by atoms with van der Waals surface area (Å²) in [6.45, 7) is 2.58. The van der Waals surface area contributed by atoms with E-state index < -0.39 is 17.9 Å². The van der Waals surface area contributed by atoms with Crippen LogP contribution < -0.4 is 9.47 Å². The van der Waals surface area contributed by atoms with E-state index in [2.05, 4.69) is 0 Å². The molecular formula is C17H23NO5. The minimum Gasteiger partial charge on any atom is -0.493 e. The first-order chi connectivity index (χ1) is 11.0. The van der Waals surface area contributed by atoms with Crippen molar-refractivity contribution in [3.05, 3.63) is 23.8 Å². The predicted octanol–water partition coefficient (Wildman–Crippen LogP) is 2.48. The molecule has 0 radical (unpaired) electrons. The molecule has 1 aliphatic heterocycles. The summed E-state index contributed by atoms with van der Waals surface area (Å²) in [5.41, 5.74) is 0.682. The second-order valence-electron chi connectivity index (χ2n) is 5.62. The molecule has 1 heterocycles. The molecule has 6 heteroatoms. The Labute approximate surface area is 136 Å². The molecule has 2 rings (SSSR count). The molecule has 0 bridgehead atoms. The SMILES string of the molecule is CCCCN1C(=O)C[C@@H](C(=O)O)[C@H]1c1cccc(OC)c1OC. The van der Waals surface area contributed by atoms with E-state index in [9.17, 15) is 14.7 Å². The number of hydrogen-bond donors (Lipinski definition) is 1. The van der Waals surface area contributed by atoms with Gasteiger partial charge in [-0.25, -0.2) is 0 Å². The van der Waals surface area contributed by atoms with Gasteiger partial charge >= 0.3 is 5.97 Å². The second-order valence-corrected chi connectivity index (χ2v) is 5.62. The van der Waals surface area contributed by atoms with E-state index in [0.29, 0.717) is 23.6 Å².